The molecule has 0 unspecified atom stereocenters. The van der Waals surface area contributed by atoms with Crippen LogP contribution in [0.1, 0.15) is 51.4 Å². The topological polar surface area (TPSA) is 15.3 Å². The zero-order valence-electron chi connectivity index (χ0n) is 11.9. The van der Waals surface area contributed by atoms with E-state index < -0.39 is 0 Å². The van der Waals surface area contributed by atoms with Crippen LogP contribution in [0.3, 0.4) is 0 Å². The molecule has 0 aromatic rings. The van der Waals surface area contributed by atoms with Crippen molar-refractivity contribution < 1.29 is 0 Å². The Labute approximate surface area is 107 Å². The number of hydrogen-bond acceptors (Lipinski definition) is 2. The standard InChI is InChI=1S/C15H30N2/c1-16-14-8-4-12(5-9-14)13-6-10-15(11-7-13)17(2)3/h12-16H,4-11H2,1-3H3. The van der Waals surface area contributed by atoms with Crippen molar-refractivity contribution in [2.45, 2.75) is 63.5 Å². The lowest BCUT2D eigenvalue weighted by Crippen LogP contribution is -2.36. The van der Waals surface area contributed by atoms with Gasteiger partial charge in [0, 0.05) is 12.1 Å². The van der Waals surface area contributed by atoms with Crippen LogP contribution in [0.15, 0.2) is 0 Å². The van der Waals surface area contributed by atoms with Crippen LogP contribution in [-0.4, -0.2) is 38.1 Å². The third kappa shape index (κ3) is 3.45. The van der Waals surface area contributed by atoms with Crippen LogP contribution >= 0.6 is 0 Å². The van der Waals surface area contributed by atoms with E-state index in [4.69, 9.17) is 0 Å². The average Bonchev–Trinajstić information content (AvgIpc) is 2.39. The summed E-state index contributed by atoms with van der Waals surface area (Å²) in [6, 6.07) is 1.67. The molecule has 0 atom stereocenters. The molecular weight excluding hydrogens is 208 g/mol. The first-order chi connectivity index (χ1) is 8.20. The van der Waals surface area contributed by atoms with E-state index in [2.05, 4.69) is 31.4 Å². The minimum atomic E-state index is 0.810. The molecule has 0 amide bonds. The molecule has 1 N–H and O–H groups in total. The second-order valence-corrected chi connectivity index (χ2v) is 6.43. The first kappa shape index (κ1) is 13.4. The Morgan fingerprint density at radius 1 is 0.765 bits per heavy atom. The summed E-state index contributed by atoms with van der Waals surface area (Å²) in [7, 11) is 6.60. The molecule has 2 aliphatic carbocycles. The number of rotatable bonds is 3. The van der Waals surface area contributed by atoms with Crippen molar-refractivity contribution in [2.24, 2.45) is 11.8 Å². The molecule has 0 spiro atoms. The van der Waals surface area contributed by atoms with Gasteiger partial charge >= 0.3 is 0 Å². The molecular formula is C15H30N2. The van der Waals surface area contributed by atoms with Gasteiger partial charge < -0.3 is 10.2 Å². The highest BCUT2D eigenvalue weighted by Gasteiger charge is 2.30. The van der Waals surface area contributed by atoms with E-state index in [0.717, 1.165) is 23.9 Å². The quantitative estimate of drug-likeness (QED) is 0.813. The summed E-state index contributed by atoms with van der Waals surface area (Å²) in [4.78, 5) is 2.42. The molecule has 2 heteroatoms. The Balaban J connectivity index is 1.74. The van der Waals surface area contributed by atoms with Crippen LogP contribution in [0, 0.1) is 11.8 Å². The van der Waals surface area contributed by atoms with Crippen LogP contribution in [0.5, 0.6) is 0 Å². The Morgan fingerprint density at radius 2 is 1.24 bits per heavy atom. The van der Waals surface area contributed by atoms with Gasteiger partial charge in [0.2, 0.25) is 0 Å². The van der Waals surface area contributed by atoms with Crippen LogP contribution in [-0.2, 0) is 0 Å². The van der Waals surface area contributed by atoms with Crippen molar-refractivity contribution in [2.75, 3.05) is 21.1 Å². The maximum atomic E-state index is 3.44. The number of hydrogen-bond donors (Lipinski definition) is 1. The fourth-order valence-electron chi connectivity index (χ4n) is 3.97. The summed E-state index contributed by atoms with van der Waals surface area (Å²) in [5.74, 6) is 2.09. The maximum Gasteiger partial charge on any atom is 0.00893 e. The largest absolute Gasteiger partial charge is 0.317 e. The molecule has 2 rings (SSSR count). The number of nitrogens with zero attached hydrogens (tertiary/aromatic N) is 1. The second kappa shape index (κ2) is 6.19. The minimum Gasteiger partial charge on any atom is -0.317 e. The second-order valence-electron chi connectivity index (χ2n) is 6.43. The molecule has 2 nitrogen and oxygen atoms in total. The summed E-state index contributed by atoms with van der Waals surface area (Å²) in [6.45, 7) is 0. The van der Waals surface area contributed by atoms with Gasteiger partial charge in [0.05, 0.1) is 0 Å². The van der Waals surface area contributed by atoms with Gasteiger partial charge in [0.1, 0.15) is 0 Å². The molecule has 0 radical (unpaired) electrons. The molecule has 0 bridgehead atoms. The van der Waals surface area contributed by atoms with Crippen molar-refractivity contribution >= 4 is 0 Å². The van der Waals surface area contributed by atoms with Crippen molar-refractivity contribution in [1.29, 1.82) is 0 Å². The van der Waals surface area contributed by atoms with Crippen LogP contribution < -0.4 is 5.32 Å². The third-order valence-corrected chi connectivity index (χ3v) is 5.32. The van der Waals surface area contributed by atoms with Crippen LogP contribution in [0.4, 0.5) is 0 Å². The summed E-state index contributed by atoms with van der Waals surface area (Å²) in [5.41, 5.74) is 0. The van der Waals surface area contributed by atoms with Gasteiger partial charge in [-0.25, -0.2) is 0 Å². The van der Waals surface area contributed by atoms with Gasteiger partial charge in [-0.15, -0.1) is 0 Å². The van der Waals surface area contributed by atoms with Crippen molar-refractivity contribution in [3.8, 4) is 0 Å². The predicted molar refractivity (Wildman–Crippen MR) is 74.2 cm³/mol. The van der Waals surface area contributed by atoms with Gasteiger partial charge in [-0.2, -0.15) is 0 Å². The lowest BCUT2D eigenvalue weighted by Gasteiger charge is -2.39. The van der Waals surface area contributed by atoms with E-state index in [1.165, 1.54) is 51.4 Å². The zero-order valence-corrected chi connectivity index (χ0v) is 11.9. The van der Waals surface area contributed by atoms with Crippen LogP contribution in [0.2, 0.25) is 0 Å². The molecule has 2 saturated carbocycles. The van der Waals surface area contributed by atoms with E-state index in [1.807, 2.05) is 0 Å². The molecule has 0 aromatic carbocycles. The molecule has 0 heterocycles. The third-order valence-electron chi connectivity index (χ3n) is 5.32. The molecule has 0 aliphatic heterocycles. The van der Waals surface area contributed by atoms with Gasteiger partial charge in [0.15, 0.2) is 0 Å². The monoisotopic (exact) mass is 238 g/mol. The average molecular weight is 238 g/mol. The SMILES string of the molecule is CNC1CCC(C2CCC(N(C)C)CC2)CC1. The molecule has 0 saturated heterocycles. The molecule has 2 aliphatic rings. The van der Waals surface area contributed by atoms with Crippen molar-refractivity contribution in [3.63, 3.8) is 0 Å². The van der Waals surface area contributed by atoms with E-state index in [0.29, 0.717) is 0 Å². The molecule has 17 heavy (non-hydrogen) atoms. The highest BCUT2D eigenvalue weighted by atomic mass is 15.1. The summed E-state index contributed by atoms with van der Waals surface area (Å²) in [5, 5.41) is 3.44. The Hall–Kier alpha value is -0.0800. The Morgan fingerprint density at radius 3 is 1.65 bits per heavy atom. The smallest absolute Gasteiger partial charge is 0.00893 e. The van der Waals surface area contributed by atoms with Gasteiger partial charge in [-0.05, 0) is 84.3 Å². The van der Waals surface area contributed by atoms with Crippen LogP contribution in [0.25, 0.3) is 0 Å². The lowest BCUT2D eigenvalue weighted by atomic mass is 9.71. The normalized spacial score (nSPS) is 39.5. The fraction of sp³-hybridized carbons (Fsp3) is 1.00. The van der Waals surface area contributed by atoms with E-state index in [9.17, 15) is 0 Å². The molecule has 2 fully saturated rings. The fourth-order valence-corrected chi connectivity index (χ4v) is 3.97. The first-order valence-corrected chi connectivity index (χ1v) is 7.54. The van der Waals surface area contributed by atoms with Gasteiger partial charge in [-0.3, -0.25) is 0 Å². The van der Waals surface area contributed by atoms with E-state index in [1.54, 1.807) is 0 Å². The summed E-state index contributed by atoms with van der Waals surface area (Å²) >= 11 is 0. The maximum absolute atomic E-state index is 3.44. The molecule has 0 aromatic heterocycles. The van der Waals surface area contributed by atoms with Crippen molar-refractivity contribution in [1.82, 2.24) is 10.2 Å². The summed E-state index contributed by atoms with van der Waals surface area (Å²) in [6.07, 6.45) is 11.6. The Kier molecular flexibility index (Phi) is 4.87. The lowest BCUT2D eigenvalue weighted by molar-refractivity contribution is 0.131. The molecule has 100 valence electrons. The van der Waals surface area contributed by atoms with Crippen molar-refractivity contribution in [3.05, 3.63) is 0 Å². The number of nitrogens with one attached hydrogen (secondary N) is 1. The van der Waals surface area contributed by atoms with E-state index in [-0.39, 0.29) is 0 Å². The highest BCUT2D eigenvalue weighted by molar-refractivity contribution is 4.85. The highest BCUT2D eigenvalue weighted by Crippen LogP contribution is 2.38. The van der Waals surface area contributed by atoms with Gasteiger partial charge in [0.25, 0.3) is 0 Å². The van der Waals surface area contributed by atoms with Gasteiger partial charge in [-0.1, -0.05) is 0 Å². The zero-order chi connectivity index (χ0) is 12.3. The van der Waals surface area contributed by atoms with E-state index >= 15 is 0 Å². The minimum absolute atomic E-state index is 0.810. The summed E-state index contributed by atoms with van der Waals surface area (Å²) < 4.78 is 0. The Bertz CT molecular complexity index is 211. The first-order valence-electron chi connectivity index (χ1n) is 7.54. The predicted octanol–water partition coefficient (Wildman–Crippen LogP) is 2.89.